The van der Waals surface area contributed by atoms with Crippen molar-refractivity contribution in [2.45, 2.75) is 39.3 Å². The molecule has 0 aliphatic carbocycles. The molecule has 0 saturated carbocycles. The Kier molecular flexibility index (Phi) is 4.51. The number of hydrogen-bond donors (Lipinski definition) is 1. The average Bonchev–Trinajstić information content (AvgIpc) is 2.99. The van der Waals surface area contributed by atoms with Crippen LogP contribution < -0.4 is 5.32 Å². The van der Waals surface area contributed by atoms with Crippen molar-refractivity contribution in [3.63, 3.8) is 0 Å². The van der Waals surface area contributed by atoms with Gasteiger partial charge in [-0.1, -0.05) is 0 Å². The maximum absolute atomic E-state index is 13.4. The van der Waals surface area contributed by atoms with Crippen LogP contribution in [-0.4, -0.2) is 38.3 Å². The standard InChI is InChI=1S/C19H20FN5OS/c1-10-4-5-25(10)18(26)16-17-15(6-11(2)27-17)23-19(24-16)22-12(3)13-7-14(20)9-21-8-13/h6-10,12H,4-5H2,1-3H3,(H,22,23,24)/t10-,12+/m1/s1. The normalized spacial score (nSPS) is 17.6. The molecule has 6 nitrogen and oxygen atoms in total. The molecule has 3 aromatic rings. The molecule has 0 radical (unpaired) electrons. The van der Waals surface area contributed by atoms with E-state index in [0.717, 1.165) is 34.3 Å². The predicted molar refractivity (Wildman–Crippen MR) is 104 cm³/mol. The maximum atomic E-state index is 13.4. The number of amides is 1. The topological polar surface area (TPSA) is 71.0 Å². The second-order valence-corrected chi connectivity index (χ2v) is 8.16. The van der Waals surface area contributed by atoms with E-state index in [0.29, 0.717) is 17.2 Å². The third-order valence-electron chi connectivity index (χ3n) is 4.85. The molecule has 0 spiro atoms. The molecule has 3 aromatic heterocycles. The number of carbonyl (C=O) groups is 1. The number of pyridine rings is 1. The van der Waals surface area contributed by atoms with E-state index in [2.05, 4.69) is 20.3 Å². The Bertz CT molecular complexity index is 1020. The summed E-state index contributed by atoms with van der Waals surface area (Å²) in [5.74, 6) is -0.103. The monoisotopic (exact) mass is 385 g/mol. The van der Waals surface area contributed by atoms with Gasteiger partial charge in [-0.15, -0.1) is 11.3 Å². The largest absolute Gasteiger partial charge is 0.348 e. The fraction of sp³-hybridized carbons (Fsp3) is 0.368. The molecule has 0 unspecified atom stereocenters. The van der Waals surface area contributed by atoms with Crippen molar-refractivity contribution in [1.82, 2.24) is 19.9 Å². The highest BCUT2D eigenvalue weighted by Crippen LogP contribution is 2.30. The summed E-state index contributed by atoms with van der Waals surface area (Å²) in [4.78, 5) is 28.8. The first-order chi connectivity index (χ1) is 12.9. The molecule has 27 heavy (non-hydrogen) atoms. The van der Waals surface area contributed by atoms with Gasteiger partial charge in [0.05, 0.1) is 22.5 Å². The second kappa shape index (κ2) is 6.84. The van der Waals surface area contributed by atoms with Crippen molar-refractivity contribution >= 4 is 33.4 Å². The summed E-state index contributed by atoms with van der Waals surface area (Å²) in [6, 6.07) is 3.36. The lowest BCUT2D eigenvalue weighted by molar-refractivity contribution is 0.0498. The van der Waals surface area contributed by atoms with Gasteiger partial charge in [-0.2, -0.15) is 0 Å². The lowest BCUT2D eigenvalue weighted by Crippen LogP contribution is -2.49. The van der Waals surface area contributed by atoms with E-state index in [1.807, 2.05) is 31.7 Å². The second-order valence-electron chi connectivity index (χ2n) is 6.91. The molecule has 1 aliphatic rings. The number of carbonyl (C=O) groups excluding carboxylic acids is 1. The number of rotatable bonds is 4. The molecule has 1 aliphatic heterocycles. The summed E-state index contributed by atoms with van der Waals surface area (Å²) >= 11 is 1.53. The van der Waals surface area contributed by atoms with Crippen LogP contribution in [0.3, 0.4) is 0 Å². The van der Waals surface area contributed by atoms with Gasteiger partial charge in [0, 0.05) is 23.7 Å². The Morgan fingerprint density at radius 2 is 2.19 bits per heavy atom. The number of halogens is 1. The smallest absolute Gasteiger partial charge is 0.274 e. The van der Waals surface area contributed by atoms with Gasteiger partial charge in [-0.05, 0) is 44.9 Å². The average molecular weight is 385 g/mol. The van der Waals surface area contributed by atoms with E-state index in [1.54, 1.807) is 6.20 Å². The van der Waals surface area contributed by atoms with Crippen molar-refractivity contribution in [1.29, 1.82) is 0 Å². The molecule has 4 heterocycles. The molecule has 1 fully saturated rings. The van der Waals surface area contributed by atoms with Gasteiger partial charge in [-0.3, -0.25) is 9.78 Å². The molecule has 1 amide bonds. The van der Waals surface area contributed by atoms with Crippen LogP contribution in [0.15, 0.2) is 24.5 Å². The lowest BCUT2D eigenvalue weighted by Gasteiger charge is -2.38. The summed E-state index contributed by atoms with van der Waals surface area (Å²) in [6.45, 7) is 6.66. The predicted octanol–water partition coefficient (Wildman–Crippen LogP) is 3.94. The molecule has 2 atom stereocenters. The van der Waals surface area contributed by atoms with Crippen molar-refractivity contribution in [2.24, 2.45) is 0 Å². The first kappa shape index (κ1) is 17.8. The molecule has 0 aromatic carbocycles. The van der Waals surface area contributed by atoms with Gasteiger partial charge < -0.3 is 10.2 Å². The fourth-order valence-electron chi connectivity index (χ4n) is 3.15. The van der Waals surface area contributed by atoms with Gasteiger partial charge in [0.25, 0.3) is 5.91 Å². The first-order valence-electron chi connectivity index (χ1n) is 8.88. The Labute approximate surface area is 160 Å². The Balaban J connectivity index is 1.70. The number of likely N-dealkylation sites (tertiary alicyclic amines) is 1. The van der Waals surface area contributed by atoms with Crippen LogP contribution in [-0.2, 0) is 0 Å². The van der Waals surface area contributed by atoms with E-state index in [4.69, 9.17) is 0 Å². The zero-order valence-corrected chi connectivity index (χ0v) is 16.2. The van der Waals surface area contributed by atoms with Gasteiger partial charge in [0.15, 0.2) is 5.69 Å². The van der Waals surface area contributed by atoms with Crippen molar-refractivity contribution in [3.8, 4) is 0 Å². The summed E-state index contributed by atoms with van der Waals surface area (Å²) in [6.07, 6.45) is 3.78. The van der Waals surface area contributed by atoms with Crippen molar-refractivity contribution < 1.29 is 9.18 Å². The number of nitrogens with zero attached hydrogens (tertiary/aromatic N) is 4. The molecular weight excluding hydrogens is 365 g/mol. The highest BCUT2D eigenvalue weighted by Gasteiger charge is 2.32. The van der Waals surface area contributed by atoms with Crippen LogP contribution >= 0.6 is 11.3 Å². The van der Waals surface area contributed by atoms with Crippen LogP contribution in [0, 0.1) is 12.7 Å². The molecule has 4 rings (SSSR count). The summed E-state index contributed by atoms with van der Waals surface area (Å²) in [7, 11) is 0. The van der Waals surface area contributed by atoms with Gasteiger partial charge in [-0.25, -0.2) is 14.4 Å². The van der Waals surface area contributed by atoms with Crippen LogP contribution in [0.1, 0.15) is 47.2 Å². The molecule has 1 N–H and O–H groups in total. The van der Waals surface area contributed by atoms with Crippen LogP contribution in [0.2, 0.25) is 0 Å². The number of anilines is 1. The number of fused-ring (bicyclic) bond motifs is 1. The molecule has 140 valence electrons. The first-order valence-corrected chi connectivity index (χ1v) is 9.70. The highest BCUT2D eigenvalue weighted by atomic mass is 32.1. The fourth-order valence-corrected chi connectivity index (χ4v) is 4.09. The molecule has 0 bridgehead atoms. The van der Waals surface area contributed by atoms with Crippen molar-refractivity contribution in [2.75, 3.05) is 11.9 Å². The number of thiophene rings is 1. The SMILES string of the molecule is Cc1cc2nc(N[C@@H](C)c3cncc(F)c3)nc(C(=O)N3CC[C@H]3C)c2s1. The van der Waals surface area contributed by atoms with E-state index in [-0.39, 0.29) is 18.0 Å². The zero-order chi connectivity index (χ0) is 19.1. The minimum Gasteiger partial charge on any atom is -0.348 e. The van der Waals surface area contributed by atoms with Crippen molar-refractivity contribution in [3.05, 3.63) is 46.5 Å². The third-order valence-corrected chi connectivity index (χ3v) is 5.90. The quantitative estimate of drug-likeness (QED) is 0.737. The number of aryl methyl sites for hydroxylation is 1. The Morgan fingerprint density at radius 1 is 1.37 bits per heavy atom. The summed E-state index contributed by atoms with van der Waals surface area (Å²) in [5.41, 5.74) is 1.86. The van der Waals surface area contributed by atoms with Gasteiger partial charge in [0.1, 0.15) is 5.82 Å². The summed E-state index contributed by atoms with van der Waals surface area (Å²) < 4.78 is 14.3. The van der Waals surface area contributed by atoms with E-state index in [1.165, 1.54) is 17.4 Å². The Morgan fingerprint density at radius 3 is 2.85 bits per heavy atom. The van der Waals surface area contributed by atoms with Crippen LogP contribution in [0.5, 0.6) is 0 Å². The lowest BCUT2D eigenvalue weighted by atomic mass is 10.0. The number of nitrogens with one attached hydrogen (secondary N) is 1. The highest BCUT2D eigenvalue weighted by molar-refractivity contribution is 7.19. The third kappa shape index (κ3) is 3.37. The van der Waals surface area contributed by atoms with Crippen LogP contribution in [0.25, 0.3) is 10.2 Å². The van der Waals surface area contributed by atoms with Gasteiger partial charge in [0.2, 0.25) is 5.95 Å². The molecular formula is C19H20FN5OS. The number of hydrogen-bond acceptors (Lipinski definition) is 6. The summed E-state index contributed by atoms with van der Waals surface area (Å²) in [5, 5.41) is 3.17. The van der Waals surface area contributed by atoms with E-state index in [9.17, 15) is 9.18 Å². The van der Waals surface area contributed by atoms with Gasteiger partial charge >= 0.3 is 0 Å². The minimum atomic E-state index is -0.395. The number of aromatic nitrogens is 3. The molecule has 1 saturated heterocycles. The Hall–Kier alpha value is -2.61. The molecule has 8 heteroatoms. The van der Waals surface area contributed by atoms with E-state index < -0.39 is 5.82 Å². The maximum Gasteiger partial charge on any atom is 0.274 e. The zero-order valence-electron chi connectivity index (χ0n) is 15.4. The van der Waals surface area contributed by atoms with Crippen LogP contribution in [0.4, 0.5) is 10.3 Å². The minimum absolute atomic E-state index is 0.0638. The van der Waals surface area contributed by atoms with E-state index >= 15 is 0 Å².